The molecule has 0 aliphatic heterocycles. The van der Waals surface area contributed by atoms with Gasteiger partial charge in [0.25, 0.3) is 0 Å². The maximum atomic E-state index is 7.14. The van der Waals surface area contributed by atoms with Gasteiger partial charge >= 0.3 is 0 Å². The first-order chi connectivity index (χ1) is 26.1. The number of hydrogen-bond donors (Lipinski definition) is 0. The molecule has 5 nitrogen and oxygen atoms in total. The second-order valence-electron chi connectivity index (χ2n) is 13.6. The molecule has 7 aromatic carbocycles. The molecule has 0 amide bonds. The van der Waals surface area contributed by atoms with E-state index in [9.17, 15) is 0 Å². The minimum atomic E-state index is 0.824. The van der Waals surface area contributed by atoms with Crippen LogP contribution in [0.3, 0.4) is 0 Å². The molecule has 0 saturated carbocycles. The average molecular weight is 683 g/mol. The van der Waals surface area contributed by atoms with Crippen LogP contribution in [0.2, 0.25) is 0 Å². The lowest BCUT2D eigenvalue weighted by atomic mass is 9.94. The number of hydrogen-bond acceptors (Lipinski definition) is 5. The minimum absolute atomic E-state index is 0.824. The molecule has 0 atom stereocenters. The summed E-state index contributed by atoms with van der Waals surface area (Å²) >= 11 is 0. The molecule has 5 heteroatoms. The Hall–Kier alpha value is -6.98. The lowest BCUT2D eigenvalue weighted by Gasteiger charge is -2.26. The lowest BCUT2D eigenvalue weighted by molar-refractivity contribution is 0.673. The van der Waals surface area contributed by atoms with Gasteiger partial charge in [0.2, 0.25) is 0 Å². The lowest BCUT2D eigenvalue weighted by Crippen LogP contribution is -2.12. The molecule has 0 saturated heterocycles. The molecular formula is C48H34N4O. The zero-order valence-electron chi connectivity index (χ0n) is 29.4. The summed E-state index contributed by atoms with van der Waals surface area (Å²) in [6, 6.07) is 55.5. The normalized spacial score (nSPS) is 11.6. The van der Waals surface area contributed by atoms with Crippen LogP contribution in [0.5, 0.6) is 0 Å². The highest BCUT2D eigenvalue weighted by atomic mass is 16.3. The Morgan fingerprint density at radius 2 is 0.943 bits per heavy atom. The third-order valence-electron chi connectivity index (χ3n) is 10.2. The summed E-state index contributed by atoms with van der Waals surface area (Å²) in [4.78, 5) is 14.2. The Morgan fingerprint density at radius 3 is 1.57 bits per heavy atom. The molecule has 3 aromatic heterocycles. The van der Waals surface area contributed by atoms with Crippen molar-refractivity contribution in [2.45, 2.75) is 13.8 Å². The predicted octanol–water partition coefficient (Wildman–Crippen LogP) is 13.4. The van der Waals surface area contributed by atoms with Gasteiger partial charge < -0.3 is 4.42 Å². The molecule has 252 valence electrons. The summed E-state index contributed by atoms with van der Waals surface area (Å²) < 4.78 is 7.14. The molecule has 0 unspecified atom stereocenters. The molecule has 0 spiro atoms. The number of rotatable bonds is 6. The smallest absolute Gasteiger partial charge is 0.143 e. The first kappa shape index (κ1) is 30.8. The molecule has 0 radical (unpaired) electrons. The Morgan fingerprint density at radius 1 is 0.415 bits per heavy atom. The van der Waals surface area contributed by atoms with E-state index in [1.54, 1.807) is 0 Å². The van der Waals surface area contributed by atoms with Gasteiger partial charge in [0.1, 0.15) is 22.8 Å². The fourth-order valence-electron chi connectivity index (χ4n) is 7.75. The number of pyridine rings is 2. The number of aromatic nitrogens is 2. The summed E-state index contributed by atoms with van der Waals surface area (Å²) in [6.45, 7) is 4.13. The molecule has 0 aliphatic carbocycles. The van der Waals surface area contributed by atoms with Crippen molar-refractivity contribution in [3.63, 3.8) is 0 Å². The highest BCUT2D eigenvalue weighted by Gasteiger charge is 2.24. The van der Waals surface area contributed by atoms with E-state index in [1.807, 2.05) is 24.5 Å². The van der Waals surface area contributed by atoms with Gasteiger partial charge in [-0.1, -0.05) is 103 Å². The van der Waals surface area contributed by atoms with Crippen LogP contribution in [-0.2, 0) is 0 Å². The van der Waals surface area contributed by atoms with Gasteiger partial charge in [-0.2, -0.15) is 0 Å². The zero-order valence-corrected chi connectivity index (χ0v) is 29.4. The van der Waals surface area contributed by atoms with Crippen molar-refractivity contribution in [3.8, 4) is 0 Å². The van der Waals surface area contributed by atoms with Crippen molar-refractivity contribution in [1.29, 1.82) is 0 Å². The summed E-state index contributed by atoms with van der Waals surface area (Å²) in [5, 5.41) is 9.00. The van der Waals surface area contributed by atoms with E-state index in [4.69, 9.17) is 14.4 Å². The van der Waals surface area contributed by atoms with Gasteiger partial charge in [-0.05, 0) is 95.1 Å². The molecule has 10 aromatic rings. The van der Waals surface area contributed by atoms with Gasteiger partial charge in [-0.3, -0.25) is 9.80 Å². The van der Waals surface area contributed by atoms with Crippen molar-refractivity contribution in [3.05, 3.63) is 181 Å². The first-order valence-electron chi connectivity index (χ1n) is 17.9. The number of furan rings is 1. The number of nitrogens with zero attached hydrogens (tertiary/aromatic N) is 4. The maximum absolute atomic E-state index is 7.14. The summed E-state index contributed by atoms with van der Waals surface area (Å²) in [5.74, 6) is 1.69. The molecule has 53 heavy (non-hydrogen) atoms. The molecule has 0 N–H and O–H groups in total. The minimum Gasteiger partial charge on any atom is -0.455 e. The first-order valence-corrected chi connectivity index (χ1v) is 17.9. The summed E-state index contributed by atoms with van der Waals surface area (Å²) in [6.07, 6.45) is 3.85. The van der Waals surface area contributed by atoms with Gasteiger partial charge in [0.15, 0.2) is 0 Å². The monoisotopic (exact) mass is 682 g/mol. The van der Waals surface area contributed by atoms with E-state index in [-0.39, 0.29) is 0 Å². The van der Waals surface area contributed by atoms with Crippen LogP contribution in [-0.4, -0.2) is 9.97 Å². The van der Waals surface area contributed by atoms with E-state index >= 15 is 0 Å². The van der Waals surface area contributed by atoms with Crippen LogP contribution in [0.1, 0.15) is 11.1 Å². The SMILES string of the molecule is Cc1ccc(N(c2ccccc2)c2ccc3c4ccccc4c4c(oc5cc(N(c6ccccc6)c6ccc(C)cn6)c6ccccc6c54)c3c2)nc1. The van der Waals surface area contributed by atoms with E-state index in [2.05, 4.69) is 169 Å². The van der Waals surface area contributed by atoms with Crippen molar-refractivity contribution in [1.82, 2.24) is 9.97 Å². The Balaban J connectivity index is 1.30. The van der Waals surface area contributed by atoms with Gasteiger partial charge in [-0.25, -0.2) is 9.97 Å². The van der Waals surface area contributed by atoms with E-state index in [0.29, 0.717) is 0 Å². The second-order valence-corrected chi connectivity index (χ2v) is 13.6. The van der Waals surface area contributed by atoms with Crippen LogP contribution in [0, 0.1) is 13.8 Å². The van der Waals surface area contributed by atoms with Crippen molar-refractivity contribution in [2.75, 3.05) is 9.80 Å². The zero-order chi connectivity index (χ0) is 35.5. The maximum Gasteiger partial charge on any atom is 0.143 e. The topological polar surface area (TPSA) is 45.4 Å². The van der Waals surface area contributed by atoms with Gasteiger partial charge in [0, 0.05) is 57.1 Å². The van der Waals surface area contributed by atoms with Crippen molar-refractivity contribution in [2.24, 2.45) is 0 Å². The van der Waals surface area contributed by atoms with Crippen LogP contribution in [0.15, 0.2) is 175 Å². The number of anilines is 6. The van der Waals surface area contributed by atoms with Crippen LogP contribution >= 0.6 is 0 Å². The Labute approximate surface area is 307 Å². The van der Waals surface area contributed by atoms with Crippen LogP contribution in [0.4, 0.5) is 34.4 Å². The summed E-state index contributed by atoms with van der Waals surface area (Å²) in [7, 11) is 0. The number of para-hydroxylation sites is 2. The number of fused-ring (bicyclic) bond motifs is 10. The fraction of sp³-hybridized carbons (Fsp3) is 0.0417. The largest absolute Gasteiger partial charge is 0.455 e. The molecule has 0 aliphatic rings. The van der Waals surface area contributed by atoms with E-state index in [0.717, 1.165) is 89.0 Å². The van der Waals surface area contributed by atoms with E-state index in [1.165, 1.54) is 10.8 Å². The third kappa shape index (κ3) is 5.08. The van der Waals surface area contributed by atoms with E-state index < -0.39 is 0 Å². The second kappa shape index (κ2) is 12.4. The van der Waals surface area contributed by atoms with Gasteiger partial charge in [-0.15, -0.1) is 0 Å². The Bertz CT molecular complexity index is 2960. The molecule has 3 heterocycles. The highest BCUT2D eigenvalue weighted by molar-refractivity contribution is 6.35. The highest BCUT2D eigenvalue weighted by Crippen LogP contribution is 2.48. The van der Waals surface area contributed by atoms with Crippen molar-refractivity contribution >= 4 is 88.6 Å². The Kier molecular flexibility index (Phi) is 7.18. The van der Waals surface area contributed by atoms with Crippen LogP contribution < -0.4 is 9.80 Å². The molecular weight excluding hydrogens is 649 g/mol. The number of benzene rings is 7. The predicted molar refractivity (Wildman–Crippen MR) is 221 cm³/mol. The third-order valence-corrected chi connectivity index (χ3v) is 10.2. The van der Waals surface area contributed by atoms with Crippen LogP contribution in [0.25, 0.3) is 54.3 Å². The molecule has 0 bridgehead atoms. The standard InChI is InChI=1S/C48H34N4O/c1-31-21-25-44(49-29-31)51(33-13-5-3-6-14-33)35-23-24-37-36-17-9-11-19-39(36)47-46-40-20-12-10-18-38(40)42(28-43(46)53-48(47)41(37)27-35)52(34-15-7-4-8-16-34)45-26-22-32(2)30-50-45/h3-30H,1-2H3. The number of aryl methyl sites for hydroxylation is 2. The molecule has 10 rings (SSSR count). The fourth-order valence-corrected chi connectivity index (χ4v) is 7.75. The van der Waals surface area contributed by atoms with Gasteiger partial charge in [0.05, 0.1) is 5.69 Å². The average Bonchev–Trinajstić information content (AvgIpc) is 3.61. The molecule has 0 fully saturated rings. The van der Waals surface area contributed by atoms with Crippen molar-refractivity contribution < 1.29 is 4.42 Å². The summed E-state index contributed by atoms with van der Waals surface area (Å²) in [5.41, 5.74) is 7.98. The quantitative estimate of drug-likeness (QED) is 0.163.